The molecule has 0 atom stereocenters. The maximum Gasteiger partial charge on any atom is 0.300 e. The van der Waals surface area contributed by atoms with Gasteiger partial charge in [-0.15, -0.1) is 0 Å². The molecule has 2 heterocycles. The van der Waals surface area contributed by atoms with Gasteiger partial charge >= 0.3 is 0 Å². The van der Waals surface area contributed by atoms with Gasteiger partial charge in [-0.25, -0.2) is 4.98 Å². The summed E-state index contributed by atoms with van der Waals surface area (Å²) in [5, 5.41) is 4.16. The highest BCUT2D eigenvalue weighted by molar-refractivity contribution is 5.94. The van der Waals surface area contributed by atoms with Gasteiger partial charge in [0.25, 0.3) is 5.91 Å². The van der Waals surface area contributed by atoms with E-state index < -0.39 is 0 Å². The van der Waals surface area contributed by atoms with Crippen LogP contribution in [-0.4, -0.2) is 27.8 Å². The molecule has 0 saturated heterocycles. The number of rotatable bonds is 3. The third kappa shape index (κ3) is 2.50. The quantitative estimate of drug-likeness (QED) is 0.743. The normalized spacial score (nSPS) is 10.7. The Balaban J connectivity index is 1.93. The Kier molecular flexibility index (Phi) is 3.50. The second kappa shape index (κ2) is 5.48. The molecular weight excluding hydrogens is 282 g/mol. The van der Waals surface area contributed by atoms with Crippen LogP contribution in [0.1, 0.15) is 21.9 Å². The van der Waals surface area contributed by atoms with E-state index in [1.54, 1.807) is 13.2 Å². The first kappa shape index (κ1) is 14.1. The fourth-order valence-corrected chi connectivity index (χ4v) is 2.20. The number of aromatic nitrogens is 3. The Morgan fingerprint density at radius 2 is 2.09 bits per heavy atom. The number of carbonyl (C=O) groups excluding carboxylic acids is 1. The van der Waals surface area contributed by atoms with Crippen LogP contribution < -0.4 is 4.74 Å². The molecule has 0 radical (unpaired) electrons. The summed E-state index contributed by atoms with van der Waals surface area (Å²) in [6.45, 7) is 3.65. The zero-order valence-corrected chi connectivity index (χ0v) is 12.5. The molecule has 0 bridgehead atoms. The Morgan fingerprint density at radius 1 is 1.27 bits per heavy atom. The molecule has 0 amide bonds. The molecule has 3 aromatic rings. The Hall–Kier alpha value is -2.89. The Morgan fingerprint density at radius 3 is 2.77 bits per heavy atom. The lowest BCUT2D eigenvalue weighted by atomic mass is 10.2. The molecule has 0 aliphatic rings. The summed E-state index contributed by atoms with van der Waals surface area (Å²) >= 11 is 0. The SMILES string of the molecule is COc1cccc(-c2nc(C(=O)n3nc(C)cc3C)co2)c1. The van der Waals surface area contributed by atoms with Gasteiger partial charge in [-0.2, -0.15) is 9.78 Å². The molecule has 0 saturated carbocycles. The highest BCUT2D eigenvalue weighted by Gasteiger charge is 2.18. The highest BCUT2D eigenvalue weighted by atomic mass is 16.5. The molecule has 0 aliphatic heterocycles. The molecule has 0 aliphatic carbocycles. The van der Waals surface area contributed by atoms with E-state index in [0.29, 0.717) is 11.6 Å². The van der Waals surface area contributed by atoms with Crippen molar-refractivity contribution in [1.82, 2.24) is 14.8 Å². The smallest absolute Gasteiger partial charge is 0.300 e. The van der Waals surface area contributed by atoms with Crippen LogP contribution in [0.3, 0.4) is 0 Å². The van der Waals surface area contributed by atoms with Crippen molar-refractivity contribution in [2.75, 3.05) is 7.11 Å². The first-order valence-corrected chi connectivity index (χ1v) is 6.76. The molecule has 6 nitrogen and oxygen atoms in total. The summed E-state index contributed by atoms with van der Waals surface area (Å²) in [5.74, 6) is 0.745. The third-order valence-corrected chi connectivity index (χ3v) is 3.24. The van der Waals surface area contributed by atoms with Gasteiger partial charge in [0.05, 0.1) is 12.8 Å². The molecule has 22 heavy (non-hydrogen) atoms. The second-order valence-electron chi connectivity index (χ2n) is 4.91. The maximum absolute atomic E-state index is 12.4. The largest absolute Gasteiger partial charge is 0.497 e. The van der Waals surface area contributed by atoms with Crippen molar-refractivity contribution < 1.29 is 13.9 Å². The molecular formula is C16H15N3O3. The van der Waals surface area contributed by atoms with E-state index in [1.807, 2.05) is 38.1 Å². The fraction of sp³-hybridized carbons (Fsp3) is 0.188. The maximum atomic E-state index is 12.4. The number of oxazole rings is 1. The average Bonchev–Trinajstić information content (AvgIpc) is 3.13. The van der Waals surface area contributed by atoms with Crippen LogP contribution in [0, 0.1) is 13.8 Å². The standard InChI is InChI=1S/C16H15N3O3/c1-10-7-11(2)19(18-10)16(20)14-9-22-15(17-14)12-5-4-6-13(8-12)21-3/h4-9H,1-3H3. The number of methoxy groups -OCH3 is 1. The van der Waals surface area contributed by atoms with E-state index in [-0.39, 0.29) is 11.6 Å². The summed E-state index contributed by atoms with van der Waals surface area (Å²) in [6.07, 6.45) is 1.34. The van der Waals surface area contributed by atoms with Crippen LogP contribution in [-0.2, 0) is 0 Å². The summed E-state index contributed by atoms with van der Waals surface area (Å²) < 4.78 is 11.9. The summed E-state index contributed by atoms with van der Waals surface area (Å²) in [6, 6.07) is 9.13. The van der Waals surface area contributed by atoms with Crippen LogP contribution in [0.5, 0.6) is 5.75 Å². The van der Waals surface area contributed by atoms with Crippen LogP contribution in [0.25, 0.3) is 11.5 Å². The minimum absolute atomic E-state index is 0.212. The van der Waals surface area contributed by atoms with Gasteiger partial charge in [0.15, 0.2) is 5.69 Å². The van der Waals surface area contributed by atoms with Gasteiger partial charge in [0.2, 0.25) is 5.89 Å². The van der Waals surface area contributed by atoms with E-state index in [4.69, 9.17) is 9.15 Å². The zero-order valence-electron chi connectivity index (χ0n) is 12.5. The molecule has 6 heteroatoms. The summed E-state index contributed by atoms with van der Waals surface area (Å²) in [4.78, 5) is 16.7. The van der Waals surface area contributed by atoms with Crippen molar-refractivity contribution in [2.24, 2.45) is 0 Å². The number of nitrogens with zero attached hydrogens (tertiary/aromatic N) is 3. The molecule has 3 rings (SSSR count). The first-order valence-electron chi connectivity index (χ1n) is 6.76. The zero-order chi connectivity index (χ0) is 15.7. The molecule has 0 spiro atoms. The van der Waals surface area contributed by atoms with Crippen molar-refractivity contribution in [3.63, 3.8) is 0 Å². The molecule has 0 N–H and O–H groups in total. The highest BCUT2D eigenvalue weighted by Crippen LogP contribution is 2.23. The number of hydrogen-bond donors (Lipinski definition) is 0. The molecule has 0 fully saturated rings. The summed E-state index contributed by atoms with van der Waals surface area (Å²) in [7, 11) is 1.59. The monoisotopic (exact) mass is 297 g/mol. The number of carbonyl (C=O) groups is 1. The van der Waals surface area contributed by atoms with Gasteiger partial charge in [-0.1, -0.05) is 6.07 Å². The fourth-order valence-electron chi connectivity index (χ4n) is 2.20. The van der Waals surface area contributed by atoms with Gasteiger partial charge in [-0.3, -0.25) is 4.79 Å². The predicted octanol–water partition coefficient (Wildman–Crippen LogP) is 2.85. The minimum atomic E-state index is -0.316. The van der Waals surface area contributed by atoms with Crippen molar-refractivity contribution in [3.8, 4) is 17.2 Å². The first-order chi connectivity index (χ1) is 10.6. The van der Waals surface area contributed by atoms with Crippen LogP contribution in [0.4, 0.5) is 0 Å². The molecule has 2 aromatic heterocycles. The van der Waals surface area contributed by atoms with E-state index in [0.717, 1.165) is 17.0 Å². The number of benzene rings is 1. The lowest BCUT2D eigenvalue weighted by molar-refractivity contribution is 0.0937. The molecule has 112 valence electrons. The van der Waals surface area contributed by atoms with Crippen LogP contribution >= 0.6 is 0 Å². The van der Waals surface area contributed by atoms with Crippen LogP contribution in [0.15, 0.2) is 41.0 Å². The van der Waals surface area contributed by atoms with Gasteiger partial charge in [0.1, 0.15) is 12.0 Å². The van der Waals surface area contributed by atoms with E-state index in [2.05, 4.69) is 10.1 Å². The summed E-state index contributed by atoms with van der Waals surface area (Å²) in [5.41, 5.74) is 2.49. The second-order valence-corrected chi connectivity index (χ2v) is 4.91. The van der Waals surface area contributed by atoms with Crippen molar-refractivity contribution in [2.45, 2.75) is 13.8 Å². The topological polar surface area (TPSA) is 70.2 Å². The lowest BCUT2D eigenvalue weighted by Crippen LogP contribution is -2.15. The van der Waals surface area contributed by atoms with Gasteiger partial charge in [-0.05, 0) is 38.1 Å². The van der Waals surface area contributed by atoms with Crippen molar-refractivity contribution >= 4 is 5.91 Å². The Labute approximate surface area is 127 Å². The minimum Gasteiger partial charge on any atom is -0.497 e. The average molecular weight is 297 g/mol. The molecule has 1 aromatic carbocycles. The van der Waals surface area contributed by atoms with Gasteiger partial charge < -0.3 is 9.15 Å². The predicted molar refractivity (Wildman–Crippen MR) is 79.9 cm³/mol. The molecule has 0 unspecified atom stereocenters. The number of hydrogen-bond acceptors (Lipinski definition) is 5. The van der Waals surface area contributed by atoms with E-state index in [9.17, 15) is 4.79 Å². The van der Waals surface area contributed by atoms with Crippen molar-refractivity contribution in [3.05, 3.63) is 53.7 Å². The van der Waals surface area contributed by atoms with Gasteiger partial charge in [0, 0.05) is 11.3 Å². The van der Waals surface area contributed by atoms with Crippen molar-refractivity contribution in [1.29, 1.82) is 0 Å². The van der Waals surface area contributed by atoms with E-state index in [1.165, 1.54) is 10.9 Å². The van der Waals surface area contributed by atoms with E-state index >= 15 is 0 Å². The Bertz CT molecular complexity index is 833. The third-order valence-electron chi connectivity index (χ3n) is 3.24. The van der Waals surface area contributed by atoms with Crippen LogP contribution in [0.2, 0.25) is 0 Å². The number of aryl methyl sites for hydroxylation is 2. The lowest BCUT2D eigenvalue weighted by Gasteiger charge is -2.00. The number of ether oxygens (including phenoxy) is 1.